The van der Waals surface area contributed by atoms with Crippen molar-refractivity contribution in [3.63, 3.8) is 0 Å². The van der Waals surface area contributed by atoms with Crippen molar-refractivity contribution in [3.05, 3.63) is 56.8 Å². The third-order valence-corrected chi connectivity index (χ3v) is 5.02. The fourth-order valence-electron chi connectivity index (χ4n) is 3.72. The Morgan fingerprint density at radius 3 is 2.78 bits per heavy atom. The first kappa shape index (κ1) is 19.1. The van der Waals surface area contributed by atoms with Crippen LogP contribution in [-0.4, -0.2) is 21.5 Å². The van der Waals surface area contributed by atoms with E-state index < -0.39 is 0 Å². The molecule has 1 unspecified atom stereocenters. The normalized spacial score (nSPS) is 17.7. The van der Waals surface area contributed by atoms with Crippen molar-refractivity contribution in [2.45, 2.75) is 65.5 Å². The van der Waals surface area contributed by atoms with E-state index in [1.807, 2.05) is 45.9 Å². The highest BCUT2D eigenvalue weighted by Crippen LogP contribution is 2.39. The number of aromatic nitrogens is 2. The summed E-state index contributed by atoms with van der Waals surface area (Å²) in [5, 5.41) is 3.16. The molecule has 1 aliphatic rings. The standard InChI is InChI=1S/C21H27N3O3/c1-12-6-7-16-17(11-21(4,5)27-18(16)10-12)24-19(25)9-8-15-13(2)22-20(26)23-14(15)3/h6-7,10,17H,8-9,11H2,1-5H3,(H,24,25)(H,22,23,26). The number of rotatable bonds is 4. The quantitative estimate of drug-likeness (QED) is 0.868. The van der Waals surface area contributed by atoms with Gasteiger partial charge in [-0.1, -0.05) is 12.1 Å². The number of fused-ring (bicyclic) bond motifs is 1. The van der Waals surface area contributed by atoms with Gasteiger partial charge >= 0.3 is 5.69 Å². The van der Waals surface area contributed by atoms with Crippen molar-refractivity contribution >= 4 is 5.91 Å². The fraction of sp³-hybridized carbons (Fsp3) is 0.476. The van der Waals surface area contributed by atoms with Gasteiger partial charge in [0.1, 0.15) is 11.4 Å². The maximum Gasteiger partial charge on any atom is 0.345 e. The summed E-state index contributed by atoms with van der Waals surface area (Å²) >= 11 is 0. The maximum absolute atomic E-state index is 12.6. The number of carbonyl (C=O) groups excluding carboxylic acids is 1. The Bertz CT molecular complexity index is 905. The van der Waals surface area contributed by atoms with Crippen LogP contribution in [0.25, 0.3) is 0 Å². The zero-order valence-electron chi connectivity index (χ0n) is 16.6. The Morgan fingerprint density at radius 1 is 1.33 bits per heavy atom. The predicted molar refractivity (Wildman–Crippen MR) is 104 cm³/mol. The van der Waals surface area contributed by atoms with Crippen molar-refractivity contribution < 1.29 is 9.53 Å². The Kier molecular flexibility index (Phi) is 5.09. The summed E-state index contributed by atoms with van der Waals surface area (Å²) in [5.74, 6) is 0.822. The van der Waals surface area contributed by atoms with Gasteiger partial charge in [-0.25, -0.2) is 4.79 Å². The number of H-pyrrole nitrogens is 1. The van der Waals surface area contributed by atoms with Crippen LogP contribution in [0, 0.1) is 20.8 Å². The van der Waals surface area contributed by atoms with E-state index in [-0.39, 0.29) is 23.2 Å². The van der Waals surface area contributed by atoms with Crippen LogP contribution >= 0.6 is 0 Å². The fourth-order valence-corrected chi connectivity index (χ4v) is 3.72. The molecule has 0 spiro atoms. The number of hydrogen-bond acceptors (Lipinski definition) is 4. The Hall–Kier alpha value is -2.63. The minimum absolute atomic E-state index is 0.0192. The van der Waals surface area contributed by atoms with Gasteiger partial charge < -0.3 is 15.0 Å². The SMILES string of the molecule is Cc1ccc2c(c1)OC(C)(C)CC2NC(=O)CCc1c(C)nc(=O)[nH]c1C. The number of ether oxygens (including phenoxy) is 1. The van der Waals surface area contributed by atoms with Crippen molar-refractivity contribution in [1.29, 1.82) is 0 Å². The predicted octanol–water partition coefficient (Wildman–Crippen LogP) is 3.05. The minimum Gasteiger partial charge on any atom is -0.487 e. The maximum atomic E-state index is 12.6. The molecule has 0 radical (unpaired) electrons. The molecule has 0 saturated heterocycles. The van der Waals surface area contributed by atoms with Crippen LogP contribution < -0.4 is 15.7 Å². The van der Waals surface area contributed by atoms with Crippen LogP contribution in [0.4, 0.5) is 0 Å². The second-order valence-corrected chi connectivity index (χ2v) is 7.96. The molecule has 1 aromatic heterocycles. The Morgan fingerprint density at radius 2 is 2.07 bits per heavy atom. The summed E-state index contributed by atoms with van der Waals surface area (Å²) in [7, 11) is 0. The van der Waals surface area contributed by atoms with Crippen LogP contribution in [0.15, 0.2) is 23.0 Å². The highest BCUT2D eigenvalue weighted by Gasteiger charge is 2.34. The van der Waals surface area contributed by atoms with Crippen molar-refractivity contribution in [2.24, 2.45) is 0 Å². The lowest BCUT2D eigenvalue weighted by Crippen LogP contribution is -2.41. The molecule has 3 rings (SSSR count). The number of nitrogens with zero attached hydrogens (tertiary/aromatic N) is 1. The highest BCUT2D eigenvalue weighted by molar-refractivity contribution is 5.77. The van der Waals surface area contributed by atoms with E-state index in [0.29, 0.717) is 25.0 Å². The number of nitrogens with one attached hydrogen (secondary N) is 2. The van der Waals surface area contributed by atoms with Gasteiger partial charge in [-0.3, -0.25) is 4.79 Å². The van der Waals surface area contributed by atoms with Gasteiger partial charge in [-0.15, -0.1) is 0 Å². The van der Waals surface area contributed by atoms with Crippen LogP contribution in [0.1, 0.15) is 60.8 Å². The summed E-state index contributed by atoms with van der Waals surface area (Å²) in [6, 6.07) is 6.02. The Labute approximate surface area is 159 Å². The van der Waals surface area contributed by atoms with Crippen LogP contribution in [-0.2, 0) is 11.2 Å². The molecule has 27 heavy (non-hydrogen) atoms. The first-order valence-corrected chi connectivity index (χ1v) is 9.30. The largest absolute Gasteiger partial charge is 0.487 e. The molecule has 1 amide bonds. The van der Waals surface area contributed by atoms with E-state index >= 15 is 0 Å². The second kappa shape index (κ2) is 7.18. The molecular weight excluding hydrogens is 342 g/mol. The highest BCUT2D eigenvalue weighted by atomic mass is 16.5. The summed E-state index contributed by atoms with van der Waals surface area (Å²) in [6.45, 7) is 9.74. The number of benzene rings is 1. The average Bonchev–Trinajstić information content (AvgIpc) is 2.52. The molecular formula is C21H27N3O3. The molecule has 0 saturated carbocycles. The van der Waals surface area contributed by atoms with Gasteiger partial charge in [0.05, 0.1) is 6.04 Å². The topological polar surface area (TPSA) is 84.1 Å². The summed E-state index contributed by atoms with van der Waals surface area (Å²) in [4.78, 5) is 30.7. The van der Waals surface area contributed by atoms with Gasteiger partial charge in [-0.05, 0) is 58.2 Å². The summed E-state index contributed by atoms with van der Waals surface area (Å²) in [5.41, 5.74) is 3.83. The van der Waals surface area contributed by atoms with Crippen molar-refractivity contribution in [2.75, 3.05) is 0 Å². The molecule has 1 aliphatic heterocycles. The smallest absolute Gasteiger partial charge is 0.345 e. The molecule has 0 fully saturated rings. The zero-order chi connectivity index (χ0) is 19.8. The number of amides is 1. The molecule has 2 heterocycles. The molecule has 2 aromatic rings. The van der Waals surface area contributed by atoms with Gasteiger partial charge in [-0.2, -0.15) is 4.98 Å². The molecule has 1 aromatic carbocycles. The van der Waals surface area contributed by atoms with Crippen LogP contribution in [0.5, 0.6) is 5.75 Å². The lowest BCUT2D eigenvalue weighted by atomic mass is 9.89. The lowest BCUT2D eigenvalue weighted by molar-refractivity contribution is -0.122. The number of aryl methyl sites for hydroxylation is 3. The first-order valence-electron chi connectivity index (χ1n) is 9.30. The van der Waals surface area contributed by atoms with E-state index in [1.165, 1.54) is 0 Å². The molecule has 6 heteroatoms. The van der Waals surface area contributed by atoms with Crippen LogP contribution in [0.2, 0.25) is 0 Å². The van der Waals surface area contributed by atoms with E-state index in [2.05, 4.69) is 15.3 Å². The zero-order valence-corrected chi connectivity index (χ0v) is 16.6. The van der Waals surface area contributed by atoms with E-state index in [9.17, 15) is 9.59 Å². The van der Waals surface area contributed by atoms with Gasteiger partial charge in [0, 0.05) is 29.8 Å². The Balaban J connectivity index is 1.72. The van der Waals surface area contributed by atoms with Crippen molar-refractivity contribution in [1.82, 2.24) is 15.3 Å². The molecule has 1 atom stereocenters. The van der Waals surface area contributed by atoms with Crippen LogP contribution in [0.3, 0.4) is 0 Å². The van der Waals surface area contributed by atoms with Gasteiger partial charge in [0.15, 0.2) is 0 Å². The number of aromatic amines is 1. The molecule has 6 nitrogen and oxygen atoms in total. The van der Waals surface area contributed by atoms with Gasteiger partial charge in [0.25, 0.3) is 0 Å². The molecule has 0 aliphatic carbocycles. The molecule has 144 valence electrons. The molecule has 2 N–H and O–H groups in total. The third-order valence-electron chi connectivity index (χ3n) is 5.02. The lowest BCUT2D eigenvalue weighted by Gasteiger charge is -2.38. The number of carbonyl (C=O) groups is 1. The first-order chi connectivity index (χ1) is 12.6. The van der Waals surface area contributed by atoms with Crippen molar-refractivity contribution in [3.8, 4) is 5.75 Å². The number of hydrogen-bond donors (Lipinski definition) is 2. The third kappa shape index (κ3) is 4.38. The van der Waals surface area contributed by atoms with E-state index in [1.54, 1.807) is 6.92 Å². The van der Waals surface area contributed by atoms with Gasteiger partial charge in [0.2, 0.25) is 5.91 Å². The second-order valence-electron chi connectivity index (χ2n) is 7.96. The monoisotopic (exact) mass is 369 g/mol. The van der Waals surface area contributed by atoms with E-state index in [0.717, 1.165) is 28.1 Å². The summed E-state index contributed by atoms with van der Waals surface area (Å²) < 4.78 is 6.09. The average molecular weight is 369 g/mol. The molecule has 0 bridgehead atoms. The van der Waals surface area contributed by atoms with E-state index in [4.69, 9.17) is 4.74 Å². The summed E-state index contributed by atoms with van der Waals surface area (Å²) in [6.07, 6.45) is 1.60. The minimum atomic E-state index is -0.352.